The molecule has 0 radical (unpaired) electrons. The molecule has 5 heterocycles. The van der Waals surface area contributed by atoms with E-state index in [-0.39, 0.29) is 11.8 Å². The molecular formula is C38H46ClNO8. The highest BCUT2D eigenvalue weighted by atomic mass is 35.5. The van der Waals surface area contributed by atoms with Crippen molar-refractivity contribution >= 4 is 22.5 Å². The van der Waals surface area contributed by atoms with Gasteiger partial charge in [-0.1, -0.05) is 37.3 Å². The molecule has 13 atom stereocenters. The molecule has 1 aromatic heterocycles. The van der Waals surface area contributed by atoms with Crippen LogP contribution in [0, 0.1) is 17.3 Å². The summed E-state index contributed by atoms with van der Waals surface area (Å²) in [6.45, 7) is 18.6. The van der Waals surface area contributed by atoms with Crippen LogP contribution in [0.4, 0.5) is 0 Å². The number of fused-ring (bicyclic) bond motifs is 4. The van der Waals surface area contributed by atoms with Crippen molar-refractivity contribution in [1.82, 2.24) is 4.98 Å². The van der Waals surface area contributed by atoms with E-state index in [1.165, 1.54) is 0 Å². The number of halogens is 1. The molecule has 48 heavy (non-hydrogen) atoms. The maximum Gasteiger partial charge on any atom is 0.190 e. The van der Waals surface area contributed by atoms with Gasteiger partial charge in [-0.15, -0.1) is 0 Å². The summed E-state index contributed by atoms with van der Waals surface area (Å²) in [5.41, 5.74) is -0.383. The molecule has 5 fully saturated rings. The summed E-state index contributed by atoms with van der Waals surface area (Å²) in [6.07, 6.45) is -0.0818. The molecule has 13 unspecified atom stereocenters. The van der Waals surface area contributed by atoms with E-state index in [0.717, 1.165) is 50.9 Å². The van der Waals surface area contributed by atoms with Crippen molar-refractivity contribution in [1.29, 1.82) is 0 Å². The van der Waals surface area contributed by atoms with Crippen molar-refractivity contribution in [2.45, 2.75) is 137 Å². The number of methoxy groups -OCH3 is 1. The van der Waals surface area contributed by atoms with Crippen LogP contribution in [0.5, 0.6) is 0 Å². The van der Waals surface area contributed by atoms with Crippen molar-refractivity contribution < 1.29 is 39.0 Å². The maximum atomic E-state index is 13.3. The van der Waals surface area contributed by atoms with Crippen LogP contribution in [0.15, 0.2) is 30.4 Å². The second kappa shape index (κ2) is 8.63. The van der Waals surface area contributed by atoms with Gasteiger partial charge in [0.05, 0.1) is 17.1 Å². The van der Waals surface area contributed by atoms with E-state index in [4.69, 9.17) is 35.3 Å². The summed E-state index contributed by atoms with van der Waals surface area (Å²) in [4.78, 5) is 3.81. The third-order valence-corrected chi connectivity index (χ3v) is 15.7. The number of aromatic amines is 1. The number of nitrogens with one attached hydrogen (secondary N) is 1. The largest absolute Gasteiger partial charge is 0.387 e. The first-order valence-electron chi connectivity index (χ1n) is 17.6. The molecule has 4 N–H and O–H groups in total. The van der Waals surface area contributed by atoms with Gasteiger partial charge in [0.25, 0.3) is 0 Å². The Kier molecular flexibility index (Phi) is 5.57. The van der Waals surface area contributed by atoms with Gasteiger partial charge in [-0.3, -0.25) is 0 Å². The molecule has 8 aliphatic rings. The summed E-state index contributed by atoms with van der Waals surface area (Å²) in [7, 11) is 1.68. The number of aliphatic hydroxyl groups excluding tert-OH is 1. The average molecular weight is 680 g/mol. The van der Waals surface area contributed by atoms with E-state index >= 15 is 0 Å². The first kappa shape index (κ1) is 31.0. The molecule has 3 saturated carbocycles. The number of rotatable bonds is 2. The number of hydrogen-bond acceptors (Lipinski definition) is 8. The summed E-state index contributed by atoms with van der Waals surface area (Å²) < 4.78 is 33.9. The molecule has 9 nitrogen and oxygen atoms in total. The topological polar surface area (TPSA) is 126 Å². The van der Waals surface area contributed by atoms with Gasteiger partial charge in [-0.05, 0) is 82.6 Å². The summed E-state index contributed by atoms with van der Waals surface area (Å²) in [5.74, 6) is -1.50. The van der Waals surface area contributed by atoms with E-state index in [1.54, 1.807) is 7.11 Å². The highest BCUT2D eigenvalue weighted by Crippen LogP contribution is 2.77. The Bertz CT molecular complexity index is 1890. The zero-order valence-corrected chi connectivity index (χ0v) is 29.3. The fourth-order valence-corrected chi connectivity index (χ4v) is 13.0. The van der Waals surface area contributed by atoms with Gasteiger partial charge >= 0.3 is 0 Å². The van der Waals surface area contributed by atoms with Crippen LogP contribution < -0.4 is 0 Å². The van der Waals surface area contributed by atoms with Gasteiger partial charge in [-0.25, -0.2) is 0 Å². The lowest BCUT2D eigenvalue weighted by molar-refractivity contribution is -0.413. The number of hydrogen-bond donors (Lipinski definition) is 4. The molecule has 2 aromatic rings. The van der Waals surface area contributed by atoms with Gasteiger partial charge in [0.1, 0.15) is 29.5 Å². The molecule has 0 bridgehead atoms. The van der Waals surface area contributed by atoms with Crippen molar-refractivity contribution in [3.05, 3.63) is 57.8 Å². The first-order valence-corrected chi connectivity index (χ1v) is 17.9. The van der Waals surface area contributed by atoms with E-state index in [0.29, 0.717) is 37.1 Å². The summed E-state index contributed by atoms with van der Waals surface area (Å²) in [6, 6.07) is 1.95. The van der Waals surface area contributed by atoms with Crippen LogP contribution in [0.2, 0.25) is 5.02 Å². The third-order valence-electron chi connectivity index (χ3n) is 15.4. The normalized spacial score (nSPS) is 51.8. The number of aromatic nitrogens is 1. The van der Waals surface area contributed by atoms with Gasteiger partial charge in [-0.2, -0.15) is 0 Å². The second-order valence-electron chi connectivity index (χ2n) is 17.2. The smallest absolute Gasteiger partial charge is 0.190 e. The highest BCUT2D eigenvalue weighted by Gasteiger charge is 2.88. The van der Waals surface area contributed by atoms with E-state index in [2.05, 4.69) is 32.0 Å². The summed E-state index contributed by atoms with van der Waals surface area (Å²) in [5, 5.41) is 39.1. The number of aliphatic hydroxyl groups is 3. The fourth-order valence-electron chi connectivity index (χ4n) is 12.8. The number of ether oxygens (including phenoxy) is 5. The Morgan fingerprint density at radius 1 is 1.10 bits per heavy atom. The number of H-pyrrole nitrogens is 1. The van der Waals surface area contributed by atoms with Crippen molar-refractivity contribution in [2.24, 2.45) is 17.3 Å². The standard InChI is InChI=1S/C38H46ClNO8/c1-16(2)28-27(41)30-38(46-30)23(45-28)9-10-33(6)34(7)29-25-24-21(40-29)15-20(39)18-13-17(3)19-14-22(37(19,43)26(18)24)32(4,5)47-31(25)48-36(34,44-8)12-11-35(33,38)42/h15,19,22-23,27-28,30-31,40-43H,1,3,9-14H2,2,4-8H3. The maximum absolute atomic E-state index is 13.3. The Hall–Kier alpha value is -1.79. The molecule has 0 amide bonds. The lowest BCUT2D eigenvalue weighted by Crippen LogP contribution is -2.81. The monoisotopic (exact) mass is 679 g/mol. The Morgan fingerprint density at radius 3 is 2.56 bits per heavy atom. The molecule has 10 rings (SSSR count). The Balaban J connectivity index is 1.24. The van der Waals surface area contributed by atoms with Gasteiger partial charge < -0.3 is 44.0 Å². The lowest BCUT2D eigenvalue weighted by atomic mass is 9.39. The van der Waals surface area contributed by atoms with Crippen molar-refractivity contribution in [3.8, 4) is 0 Å². The third kappa shape index (κ3) is 2.88. The highest BCUT2D eigenvalue weighted by molar-refractivity contribution is 6.32. The predicted octanol–water partition coefficient (Wildman–Crippen LogP) is 5.36. The number of epoxide rings is 1. The minimum atomic E-state index is -1.41. The molecule has 1 aromatic carbocycles. The van der Waals surface area contributed by atoms with Crippen LogP contribution >= 0.6 is 11.6 Å². The molecule has 4 aliphatic heterocycles. The number of benzene rings is 1. The zero-order valence-electron chi connectivity index (χ0n) is 28.5. The Morgan fingerprint density at radius 2 is 1.85 bits per heavy atom. The molecule has 1 spiro atoms. The van der Waals surface area contributed by atoms with Crippen LogP contribution in [-0.4, -0.2) is 74.4 Å². The van der Waals surface area contributed by atoms with Crippen LogP contribution in [0.1, 0.15) is 95.4 Å². The SMILES string of the molecule is C=C(C)C1OC2CCC3(C)C(O)(CCC4(OC)OC5OC(C)(C)C6CC7C(=C)Cc8c(Cl)cc9[nH]c(c5c9c8C76O)C43C)C23OC3C1O. The van der Waals surface area contributed by atoms with Crippen LogP contribution in [0.25, 0.3) is 10.9 Å². The quantitative estimate of drug-likeness (QED) is 0.247. The van der Waals surface area contributed by atoms with Crippen molar-refractivity contribution in [2.75, 3.05) is 7.11 Å². The van der Waals surface area contributed by atoms with Gasteiger partial charge in [0.2, 0.25) is 0 Å². The molecule has 4 aliphatic carbocycles. The average Bonchev–Trinajstić information content (AvgIpc) is 3.67. The second-order valence-corrected chi connectivity index (χ2v) is 17.7. The predicted molar refractivity (Wildman–Crippen MR) is 176 cm³/mol. The zero-order chi connectivity index (χ0) is 33.9. The minimum Gasteiger partial charge on any atom is -0.387 e. The molecule has 2 saturated heterocycles. The Labute approximate surface area is 285 Å². The molecular weight excluding hydrogens is 634 g/mol. The van der Waals surface area contributed by atoms with Crippen LogP contribution in [0.3, 0.4) is 0 Å². The lowest BCUT2D eigenvalue weighted by Gasteiger charge is -2.71. The fraction of sp³-hybridized carbons (Fsp3) is 0.684. The van der Waals surface area contributed by atoms with E-state index in [1.807, 2.05) is 26.8 Å². The van der Waals surface area contributed by atoms with Crippen molar-refractivity contribution in [3.63, 3.8) is 0 Å². The van der Waals surface area contributed by atoms with E-state index in [9.17, 15) is 15.3 Å². The summed E-state index contributed by atoms with van der Waals surface area (Å²) >= 11 is 7.10. The minimum absolute atomic E-state index is 0.101. The van der Waals surface area contributed by atoms with Gasteiger partial charge in [0.15, 0.2) is 17.7 Å². The van der Waals surface area contributed by atoms with Crippen LogP contribution in [-0.2, 0) is 41.1 Å². The molecule has 10 heteroatoms. The molecule has 258 valence electrons. The van der Waals surface area contributed by atoms with E-state index < -0.39 is 69.7 Å². The van der Waals surface area contributed by atoms with Gasteiger partial charge in [0, 0.05) is 58.0 Å². The first-order chi connectivity index (χ1) is 22.5.